The number of hydrogen-bond acceptors (Lipinski definition) is 6. The molecule has 0 unspecified atom stereocenters. The summed E-state index contributed by atoms with van der Waals surface area (Å²) in [5.74, 6) is 0.223. The van der Waals surface area contributed by atoms with Crippen molar-refractivity contribution in [3.63, 3.8) is 0 Å². The molecular weight excluding hydrogens is 466 g/mol. The van der Waals surface area contributed by atoms with Crippen molar-refractivity contribution < 1.29 is 9.59 Å². The van der Waals surface area contributed by atoms with Gasteiger partial charge in [0, 0.05) is 74.5 Å². The number of benzene rings is 2. The average molecular weight is 498 g/mol. The first kappa shape index (κ1) is 25.1. The van der Waals surface area contributed by atoms with E-state index in [2.05, 4.69) is 15.4 Å². The van der Waals surface area contributed by atoms with Crippen LogP contribution in [0.2, 0.25) is 5.02 Å². The van der Waals surface area contributed by atoms with E-state index < -0.39 is 0 Å². The second-order valence-electron chi connectivity index (χ2n) is 9.28. The lowest BCUT2D eigenvalue weighted by atomic mass is 10.0. The highest BCUT2D eigenvalue weighted by atomic mass is 35.5. The Morgan fingerprint density at radius 2 is 1.66 bits per heavy atom. The molecule has 1 N–H and O–H groups in total. The molecule has 186 valence electrons. The van der Waals surface area contributed by atoms with Crippen LogP contribution in [0.5, 0.6) is 0 Å². The zero-order valence-electron chi connectivity index (χ0n) is 20.1. The van der Waals surface area contributed by atoms with Gasteiger partial charge < -0.3 is 15.1 Å². The maximum Gasteiger partial charge on any atom is 0.253 e. The molecule has 2 aromatic carbocycles. The molecule has 35 heavy (non-hydrogen) atoms. The number of carbonyl (C=O) groups is 2. The van der Waals surface area contributed by atoms with E-state index in [-0.39, 0.29) is 11.8 Å². The summed E-state index contributed by atoms with van der Waals surface area (Å²) in [7, 11) is 0. The summed E-state index contributed by atoms with van der Waals surface area (Å²) in [6, 6.07) is 12.9. The Kier molecular flexibility index (Phi) is 8.36. The number of nitrogens with one attached hydrogen (secondary N) is 1. The summed E-state index contributed by atoms with van der Waals surface area (Å²) in [5.41, 5.74) is 2.95. The molecule has 2 saturated heterocycles. The minimum atomic E-state index is 0.0281. The molecule has 8 nitrogen and oxygen atoms in total. The zero-order chi connectivity index (χ0) is 24.8. The average Bonchev–Trinajstić information content (AvgIpc) is 2.88. The van der Waals surface area contributed by atoms with Gasteiger partial charge in [0.05, 0.1) is 0 Å². The van der Waals surface area contributed by atoms with Gasteiger partial charge in [0.25, 0.3) is 5.91 Å². The van der Waals surface area contributed by atoms with Crippen LogP contribution in [0.15, 0.2) is 47.6 Å². The number of nitrogens with zero attached hydrogens (tertiary/aromatic N) is 4. The normalized spacial score (nSPS) is 17.3. The highest BCUT2D eigenvalue weighted by Crippen LogP contribution is 2.24. The minimum Gasteiger partial charge on any atom is -0.382 e. The van der Waals surface area contributed by atoms with E-state index in [9.17, 15) is 14.5 Å². The molecule has 2 aromatic rings. The maximum atomic E-state index is 12.8. The Balaban J connectivity index is 1.16. The summed E-state index contributed by atoms with van der Waals surface area (Å²) >= 11 is 5.91. The van der Waals surface area contributed by atoms with Crippen molar-refractivity contribution in [3.8, 4) is 0 Å². The number of piperazine rings is 1. The fourth-order valence-electron chi connectivity index (χ4n) is 4.72. The Bertz CT molecular complexity index is 1050. The molecule has 4 rings (SSSR count). The zero-order valence-corrected chi connectivity index (χ0v) is 20.8. The fraction of sp³-hybridized carbons (Fsp3) is 0.462. The molecule has 2 heterocycles. The van der Waals surface area contributed by atoms with Crippen molar-refractivity contribution in [2.75, 3.05) is 51.1 Å². The number of piperidine rings is 1. The van der Waals surface area contributed by atoms with E-state index in [4.69, 9.17) is 11.6 Å². The Labute approximate surface area is 211 Å². The van der Waals surface area contributed by atoms with Gasteiger partial charge in [0.2, 0.25) is 5.91 Å². The van der Waals surface area contributed by atoms with Crippen molar-refractivity contribution in [2.24, 2.45) is 5.18 Å². The van der Waals surface area contributed by atoms with Crippen LogP contribution >= 0.6 is 11.6 Å². The third kappa shape index (κ3) is 6.58. The van der Waals surface area contributed by atoms with Crippen LogP contribution in [0, 0.1) is 11.8 Å². The van der Waals surface area contributed by atoms with Gasteiger partial charge in [-0.15, -0.1) is 4.91 Å². The summed E-state index contributed by atoms with van der Waals surface area (Å²) in [6.07, 6.45) is 2.29. The quantitative estimate of drug-likeness (QED) is 0.576. The van der Waals surface area contributed by atoms with Gasteiger partial charge in [0.15, 0.2) is 0 Å². The van der Waals surface area contributed by atoms with Crippen molar-refractivity contribution in [3.05, 3.63) is 63.5 Å². The maximum absolute atomic E-state index is 12.8. The van der Waals surface area contributed by atoms with Gasteiger partial charge in [-0.25, -0.2) is 0 Å². The van der Waals surface area contributed by atoms with Gasteiger partial charge in [-0.05, 0) is 73.0 Å². The van der Waals surface area contributed by atoms with Crippen molar-refractivity contribution in [1.29, 1.82) is 0 Å². The minimum absolute atomic E-state index is 0.0281. The van der Waals surface area contributed by atoms with Crippen molar-refractivity contribution >= 4 is 34.8 Å². The topological polar surface area (TPSA) is 85.3 Å². The van der Waals surface area contributed by atoms with Crippen molar-refractivity contribution in [2.45, 2.75) is 32.2 Å². The van der Waals surface area contributed by atoms with Crippen LogP contribution in [-0.2, 0) is 4.79 Å². The lowest BCUT2D eigenvalue weighted by Gasteiger charge is -2.36. The summed E-state index contributed by atoms with van der Waals surface area (Å²) in [4.78, 5) is 42.3. The number of carbonyl (C=O) groups excluding carboxylic acids is 2. The predicted molar refractivity (Wildman–Crippen MR) is 138 cm³/mol. The fourth-order valence-corrected chi connectivity index (χ4v) is 4.84. The molecule has 2 aliphatic rings. The molecule has 0 atom stereocenters. The van der Waals surface area contributed by atoms with Crippen LogP contribution in [0.4, 0.5) is 11.4 Å². The number of aryl methyl sites for hydroxylation is 1. The predicted octanol–water partition coefficient (Wildman–Crippen LogP) is 4.30. The van der Waals surface area contributed by atoms with Gasteiger partial charge in [0.1, 0.15) is 5.69 Å². The van der Waals surface area contributed by atoms with Crippen LogP contribution in [0.1, 0.15) is 35.2 Å². The standard InChI is InChI=1S/C26H32ClN5O3/c1-19-18-23(6-7-24(19)29-35)28-22-8-12-31(13-9-22)25(33)10-11-30-14-16-32(17-15-30)26(34)20-2-4-21(27)5-3-20/h2-7,18,22,28H,8-17H2,1H3. The van der Waals surface area contributed by atoms with E-state index in [0.29, 0.717) is 41.8 Å². The number of hydrogen-bond donors (Lipinski definition) is 1. The molecule has 0 aliphatic carbocycles. The number of amides is 2. The third-order valence-corrected chi connectivity index (χ3v) is 7.16. The molecule has 9 heteroatoms. The van der Waals surface area contributed by atoms with Gasteiger partial charge in [-0.3, -0.25) is 14.5 Å². The van der Waals surface area contributed by atoms with Crippen LogP contribution in [0.25, 0.3) is 0 Å². The summed E-state index contributed by atoms with van der Waals surface area (Å²) in [6.45, 7) is 6.95. The van der Waals surface area contributed by atoms with Crippen LogP contribution in [0.3, 0.4) is 0 Å². The Hall–Kier alpha value is -2.97. The number of nitroso groups, excluding NO2 is 1. The lowest BCUT2D eigenvalue weighted by molar-refractivity contribution is -0.132. The molecule has 2 amide bonds. The first-order chi connectivity index (χ1) is 16.9. The number of halogens is 1. The molecule has 0 spiro atoms. The van der Waals surface area contributed by atoms with Crippen molar-refractivity contribution in [1.82, 2.24) is 14.7 Å². The monoisotopic (exact) mass is 497 g/mol. The smallest absolute Gasteiger partial charge is 0.253 e. The van der Waals surface area contributed by atoms with Gasteiger partial charge >= 0.3 is 0 Å². The summed E-state index contributed by atoms with van der Waals surface area (Å²) < 4.78 is 0. The number of rotatable bonds is 7. The lowest BCUT2D eigenvalue weighted by Crippen LogP contribution is -2.49. The van der Waals surface area contributed by atoms with Crippen LogP contribution < -0.4 is 5.32 Å². The van der Waals surface area contributed by atoms with E-state index >= 15 is 0 Å². The highest BCUT2D eigenvalue weighted by molar-refractivity contribution is 6.30. The second-order valence-corrected chi connectivity index (χ2v) is 9.72. The van der Waals surface area contributed by atoms with E-state index in [1.54, 1.807) is 30.3 Å². The largest absolute Gasteiger partial charge is 0.382 e. The Morgan fingerprint density at radius 3 is 2.29 bits per heavy atom. The van der Waals surface area contributed by atoms with E-state index in [1.807, 2.05) is 28.9 Å². The van der Waals surface area contributed by atoms with E-state index in [1.165, 1.54) is 0 Å². The Morgan fingerprint density at radius 1 is 0.971 bits per heavy atom. The second kappa shape index (κ2) is 11.6. The van der Waals surface area contributed by atoms with Gasteiger partial charge in [-0.2, -0.15) is 0 Å². The molecule has 0 aromatic heterocycles. The molecular formula is C26H32ClN5O3. The third-order valence-electron chi connectivity index (χ3n) is 6.91. The summed E-state index contributed by atoms with van der Waals surface area (Å²) in [5, 5.41) is 7.15. The molecule has 0 radical (unpaired) electrons. The number of anilines is 1. The molecule has 2 fully saturated rings. The molecule has 2 aliphatic heterocycles. The molecule has 0 saturated carbocycles. The van der Waals surface area contributed by atoms with E-state index in [0.717, 1.165) is 56.8 Å². The number of likely N-dealkylation sites (tertiary alicyclic amines) is 1. The SMILES string of the molecule is Cc1cc(NC2CCN(C(=O)CCN3CCN(C(=O)c4ccc(Cl)cc4)CC3)CC2)ccc1N=O. The first-order valence-electron chi connectivity index (χ1n) is 12.2. The van der Waals surface area contributed by atoms with Gasteiger partial charge in [-0.1, -0.05) is 11.6 Å². The first-order valence-corrected chi connectivity index (χ1v) is 12.6. The molecule has 0 bridgehead atoms. The highest BCUT2D eigenvalue weighted by Gasteiger charge is 2.25. The van der Waals surface area contributed by atoms with Crippen LogP contribution in [-0.4, -0.2) is 78.4 Å².